The normalized spacial score (nSPS) is 27.6. The van der Waals surface area contributed by atoms with E-state index >= 15 is 0 Å². The molecule has 1 amide bonds. The van der Waals surface area contributed by atoms with Crippen LogP contribution in [0.2, 0.25) is 0 Å². The number of hydrogen-bond acceptors (Lipinski definition) is 5. The van der Waals surface area contributed by atoms with Gasteiger partial charge in [-0.3, -0.25) is 4.79 Å². The van der Waals surface area contributed by atoms with Gasteiger partial charge in [-0.2, -0.15) is 0 Å². The molecule has 5 nitrogen and oxygen atoms in total. The SMILES string of the molecule is O=C(c1ccc2ncsc2c1)N(CC1OCCO1)C[C@@H]1C[C@H]2C=C[C@H]1C2. The summed E-state index contributed by atoms with van der Waals surface area (Å²) in [6.07, 6.45) is 6.81. The van der Waals surface area contributed by atoms with Crippen molar-refractivity contribution in [2.75, 3.05) is 26.3 Å². The number of benzene rings is 1. The van der Waals surface area contributed by atoms with Gasteiger partial charge in [0, 0.05) is 12.1 Å². The molecular formula is C20H22N2O3S. The van der Waals surface area contributed by atoms with Gasteiger partial charge in [-0.1, -0.05) is 12.2 Å². The Morgan fingerprint density at radius 2 is 2.08 bits per heavy atom. The molecule has 26 heavy (non-hydrogen) atoms. The quantitative estimate of drug-likeness (QED) is 0.758. The summed E-state index contributed by atoms with van der Waals surface area (Å²) in [4.78, 5) is 19.5. The van der Waals surface area contributed by atoms with Crippen molar-refractivity contribution < 1.29 is 14.3 Å². The molecule has 1 aromatic carbocycles. The van der Waals surface area contributed by atoms with E-state index in [2.05, 4.69) is 17.1 Å². The summed E-state index contributed by atoms with van der Waals surface area (Å²) in [5.41, 5.74) is 3.48. The third kappa shape index (κ3) is 3.06. The first-order valence-corrected chi connectivity index (χ1v) is 10.2. The molecular weight excluding hydrogens is 348 g/mol. The van der Waals surface area contributed by atoms with E-state index in [-0.39, 0.29) is 12.2 Å². The molecule has 3 atom stereocenters. The topological polar surface area (TPSA) is 51.7 Å². The minimum absolute atomic E-state index is 0.0613. The maximum atomic E-state index is 13.3. The number of nitrogens with zero attached hydrogens (tertiary/aromatic N) is 2. The molecule has 0 radical (unpaired) electrons. The molecule has 3 aliphatic rings. The van der Waals surface area contributed by atoms with Gasteiger partial charge in [0.1, 0.15) is 0 Å². The predicted octanol–water partition coefficient (Wildman–Crippen LogP) is 3.32. The number of carbonyl (C=O) groups is 1. The van der Waals surface area contributed by atoms with Gasteiger partial charge in [0.2, 0.25) is 0 Å². The Morgan fingerprint density at radius 3 is 2.85 bits per heavy atom. The average Bonchev–Trinajstić information content (AvgIpc) is 3.43. The number of hydrogen-bond donors (Lipinski definition) is 0. The van der Waals surface area contributed by atoms with Crippen molar-refractivity contribution in [2.45, 2.75) is 19.1 Å². The Kier molecular flexibility index (Phi) is 4.27. The van der Waals surface area contributed by atoms with Crippen LogP contribution >= 0.6 is 11.3 Å². The number of carbonyl (C=O) groups excluding carboxylic acids is 1. The number of aromatic nitrogens is 1. The average molecular weight is 370 g/mol. The van der Waals surface area contributed by atoms with Gasteiger partial charge in [0.05, 0.1) is 35.5 Å². The number of ether oxygens (including phenoxy) is 2. The third-order valence-corrected chi connectivity index (χ3v) is 6.59. The van der Waals surface area contributed by atoms with Gasteiger partial charge in [-0.15, -0.1) is 11.3 Å². The van der Waals surface area contributed by atoms with Gasteiger partial charge >= 0.3 is 0 Å². The summed E-state index contributed by atoms with van der Waals surface area (Å²) in [5, 5.41) is 0. The lowest BCUT2D eigenvalue weighted by Crippen LogP contribution is -2.41. The second kappa shape index (κ2) is 6.76. The van der Waals surface area contributed by atoms with Crippen LogP contribution in [0, 0.1) is 17.8 Å². The highest BCUT2D eigenvalue weighted by Gasteiger charge is 2.38. The number of amides is 1. The van der Waals surface area contributed by atoms with Crippen molar-refractivity contribution in [2.24, 2.45) is 17.8 Å². The van der Waals surface area contributed by atoms with Gasteiger partial charge in [-0.05, 0) is 48.8 Å². The van der Waals surface area contributed by atoms with Crippen molar-refractivity contribution in [3.05, 3.63) is 41.4 Å². The van der Waals surface area contributed by atoms with E-state index < -0.39 is 0 Å². The van der Waals surface area contributed by atoms with Crippen molar-refractivity contribution in [1.82, 2.24) is 9.88 Å². The van der Waals surface area contributed by atoms with Crippen LogP contribution in [0.3, 0.4) is 0 Å². The molecule has 0 N–H and O–H groups in total. The first-order valence-electron chi connectivity index (χ1n) is 9.30. The van der Waals surface area contributed by atoms with Crippen molar-refractivity contribution in [3.63, 3.8) is 0 Å². The highest BCUT2D eigenvalue weighted by atomic mass is 32.1. The van der Waals surface area contributed by atoms with E-state index in [0.717, 1.165) is 22.3 Å². The van der Waals surface area contributed by atoms with Crippen LogP contribution in [0.4, 0.5) is 0 Å². The van der Waals surface area contributed by atoms with Crippen molar-refractivity contribution >= 4 is 27.5 Å². The fourth-order valence-electron chi connectivity index (χ4n) is 4.49. The van der Waals surface area contributed by atoms with Crippen LogP contribution in [0.25, 0.3) is 10.2 Å². The van der Waals surface area contributed by atoms with Gasteiger partial charge in [0.15, 0.2) is 6.29 Å². The lowest BCUT2D eigenvalue weighted by atomic mass is 9.93. The summed E-state index contributed by atoms with van der Waals surface area (Å²) in [6, 6.07) is 5.77. The van der Waals surface area contributed by atoms with Crippen LogP contribution in [0.1, 0.15) is 23.2 Å². The standard InChI is InChI=1S/C20H22N2O3S/c23-20(15-3-4-17-18(9-15)26-12-21-17)22(11-19-24-5-6-25-19)10-16-8-13-1-2-14(16)7-13/h1-4,9,12-14,16,19H,5-8,10-11H2/t13-,14-,16-/m0/s1. The maximum absolute atomic E-state index is 13.3. The number of allylic oxidation sites excluding steroid dienone is 2. The Hall–Kier alpha value is -1.76. The highest BCUT2D eigenvalue weighted by molar-refractivity contribution is 7.16. The number of rotatable bonds is 5. The van der Waals surface area contributed by atoms with Crippen LogP contribution in [0.15, 0.2) is 35.9 Å². The van der Waals surface area contributed by atoms with Gasteiger partial charge in [0.25, 0.3) is 5.91 Å². The second-order valence-corrected chi connectivity index (χ2v) is 8.34. The van der Waals surface area contributed by atoms with Crippen molar-refractivity contribution in [1.29, 1.82) is 0 Å². The molecule has 1 saturated carbocycles. The predicted molar refractivity (Wildman–Crippen MR) is 100 cm³/mol. The first-order chi connectivity index (χ1) is 12.8. The molecule has 136 valence electrons. The van der Waals surface area contributed by atoms with E-state index in [0.29, 0.717) is 37.5 Å². The van der Waals surface area contributed by atoms with E-state index in [1.165, 1.54) is 12.8 Å². The molecule has 2 aromatic rings. The van der Waals surface area contributed by atoms with Crippen LogP contribution in [-0.4, -0.2) is 48.4 Å². The van der Waals surface area contributed by atoms with E-state index in [1.54, 1.807) is 11.3 Å². The highest BCUT2D eigenvalue weighted by Crippen LogP contribution is 2.43. The van der Waals surface area contributed by atoms with Crippen molar-refractivity contribution in [3.8, 4) is 0 Å². The molecule has 2 fully saturated rings. The summed E-state index contributed by atoms with van der Waals surface area (Å²) in [6.45, 7) is 2.48. The zero-order valence-corrected chi connectivity index (χ0v) is 15.4. The molecule has 0 spiro atoms. The van der Waals surface area contributed by atoms with E-state index in [9.17, 15) is 4.79 Å². The van der Waals surface area contributed by atoms with Crippen LogP contribution in [-0.2, 0) is 9.47 Å². The minimum Gasteiger partial charge on any atom is -0.348 e. The molecule has 1 saturated heterocycles. The number of fused-ring (bicyclic) bond motifs is 3. The first kappa shape index (κ1) is 16.4. The zero-order valence-electron chi connectivity index (χ0n) is 14.5. The summed E-state index contributed by atoms with van der Waals surface area (Å²) in [7, 11) is 0. The monoisotopic (exact) mass is 370 g/mol. The molecule has 0 unspecified atom stereocenters. The minimum atomic E-state index is -0.305. The summed E-state index contributed by atoms with van der Waals surface area (Å²) < 4.78 is 12.3. The molecule has 5 rings (SSSR count). The summed E-state index contributed by atoms with van der Waals surface area (Å²) >= 11 is 1.57. The molecule has 2 heterocycles. The zero-order chi connectivity index (χ0) is 17.5. The third-order valence-electron chi connectivity index (χ3n) is 5.80. The fraction of sp³-hybridized carbons (Fsp3) is 0.500. The van der Waals surface area contributed by atoms with E-state index in [1.807, 2.05) is 28.6 Å². The lowest BCUT2D eigenvalue weighted by Gasteiger charge is -2.30. The smallest absolute Gasteiger partial charge is 0.254 e. The van der Waals surface area contributed by atoms with Crippen LogP contribution < -0.4 is 0 Å². The van der Waals surface area contributed by atoms with Crippen LogP contribution in [0.5, 0.6) is 0 Å². The van der Waals surface area contributed by atoms with Gasteiger partial charge < -0.3 is 14.4 Å². The molecule has 2 aliphatic carbocycles. The Labute approximate surface area is 156 Å². The Morgan fingerprint density at radius 1 is 1.19 bits per heavy atom. The molecule has 1 aliphatic heterocycles. The number of thiazole rings is 1. The maximum Gasteiger partial charge on any atom is 0.254 e. The van der Waals surface area contributed by atoms with Gasteiger partial charge in [-0.25, -0.2) is 4.98 Å². The fourth-order valence-corrected chi connectivity index (χ4v) is 5.21. The molecule has 6 heteroatoms. The van der Waals surface area contributed by atoms with E-state index in [4.69, 9.17) is 9.47 Å². The largest absolute Gasteiger partial charge is 0.348 e. The molecule has 2 bridgehead atoms. The Balaban J connectivity index is 1.38. The lowest BCUT2D eigenvalue weighted by molar-refractivity contribution is -0.0592. The summed E-state index contributed by atoms with van der Waals surface area (Å²) in [5.74, 6) is 1.92. The Bertz CT molecular complexity index is 842. The molecule has 1 aromatic heterocycles. The second-order valence-electron chi connectivity index (χ2n) is 7.46.